The Labute approximate surface area is 119 Å². The molecule has 0 N–H and O–H groups in total. The number of hydrogen-bond donors (Lipinski definition) is 0. The van der Waals surface area contributed by atoms with Crippen LogP contribution >= 0.6 is 0 Å². The van der Waals surface area contributed by atoms with Crippen molar-refractivity contribution >= 4 is 11.7 Å². The van der Waals surface area contributed by atoms with Crippen LogP contribution in [0, 0.1) is 12.8 Å². The minimum absolute atomic E-state index is 0.0403. The Morgan fingerprint density at radius 1 is 1.45 bits per heavy atom. The van der Waals surface area contributed by atoms with Gasteiger partial charge in [0, 0.05) is 18.7 Å². The number of carbonyl (C=O) groups excluding carboxylic acids is 1. The van der Waals surface area contributed by atoms with Crippen LogP contribution in [0.2, 0.25) is 0 Å². The molecule has 0 atom stereocenters. The van der Waals surface area contributed by atoms with E-state index in [0.29, 0.717) is 12.5 Å². The van der Waals surface area contributed by atoms with E-state index in [-0.39, 0.29) is 11.9 Å². The van der Waals surface area contributed by atoms with Crippen LogP contribution in [0.3, 0.4) is 0 Å². The third-order valence-corrected chi connectivity index (χ3v) is 3.69. The molecule has 1 aliphatic rings. The predicted octanol–water partition coefficient (Wildman–Crippen LogP) is 2.18. The summed E-state index contributed by atoms with van der Waals surface area (Å²) in [4.78, 5) is 18.3. The van der Waals surface area contributed by atoms with Crippen molar-refractivity contribution in [2.45, 2.75) is 26.7 Å². The van der Waals surface area contributed by atoms with Crippen molar-refractivity contribution in [1.29, 1.82) is 0 Å². The Hall–Kier alpha value is -1.78. The molecule has 20 heavy (non-hydrogen) atoms. The number of rotatable bonds is 4. The topological polar surface area (TPSA) is 51.7 Å². The first-order valence-electron chi connectivity index (χ1n) is 7.08. The van der Waals surface area contributed by atoms with Gasteiger partial charge in [-0.05, 0) is 32.8 Å². The summed E-state index contributed by atoms with van der Waals surface area (Å²) in [6.07, 6.45) is 3.50. The summed E-state index contributed by atoms with van der Waals surface area (Å²) in [5, 5.41) is 0. The third-order valence-electron chi connectivity index (χ3n) is 3.69. The zero-order chi connectivity index (χ0) is 14.5. The summed E-state index contributed by atoms with van der Waals surface area (Å²) in [5.74, 6) is 0.643. The summed E-state index contributed by atoms with van der Waals surface area (Å²) in [6, 6.07) is 2.08. The van der Waals surface area contributed by atoms with Gasteiger partial charge < -0.3 is 14.4 Å². The number of esters is 1. The zero-order valence-electron chi connectivity index (χ0n) is 12.4. The first-order chi connectivity index (χ1) is 9.65. The van der Waals surface area contributed by atoms with Gasteiger partial charge >= 0.3 is 5.97 Å². The summed E-state index contributed by atoms with van der Waals surface area (Å²) in [6.45, 7) is 6.01. The van der Waals surface area contributed by atoms with Gasteiger partial charge in [0.1, 0.15) is 0 Å². The number of aromatic nitrogens is 1. The lowest BCUT2D eigenvalue weighted by atomic mass is 9.96. The van der Waals surface area contributed by atoms with Crippen molar-refractivity contribution in [3.05, 3.63) is 17.8 Å². The Bertz CT molecular complexity index is 468. The van der Waals surface area contributed by atoms with Gasteiger partial charge in [-0.15, -0.1) is 0 Å². The number of pyridine rings is 1. The molecular formula is C15H22N2O3. The third kappa shape index (κ3) is 3.21. The van der Waals surface area contributed by atoms with Crippen molar-refractivity contribution in [2.24, 2.45) is 5.92 Å². The maximum Gasteiger partial charge on any atom is 0.309 e. The van der Waals surface area contributed by atoms with Crippen molar-refractivity contribution in [1.82, 2.24) is 4.98 Å². The Balaban J connectivity index is 1.97. The lowest BCUT2D eigenvalue weighted by Gasteiger charge is -2.32. The molecule has 0 spiro atoms. The van der Waals surface area contributed by atoms with Gasteiger partial charge in [-0.25, -0.2) is 4.98 Å². The van der Waals surface area contributed by atoms with E-state index in [1.54, 1.807) is 7.11 Å². The molecule has 1 fully saturated rings. The molecule has 0 saturated carbocycles. The van der Waals surface area contributed by atoms with Crippen LogP contribution in [0.15, 0.2) is 12.3 Å². The van der Waals surface area contributed by atoms with Crippen LogP contribution in [-0.2, 0) is 9.53 Å². The van der Waals surface area contributed by atoms with Gasteiger partial charge in [-0.2, -0.15) is 0 Å². The van der Waals surface area contributed by atoms with E-state index in [4.69, 9.17) is 9.47 Å². The molecule has 0 amide bonds. The number of carbonyl (C=O) groups is 1. The average molecular weight is 278 g/mol. The van der Waals surface area contributed by atoms with Crippen LogP contribution in [-0.4, -0.2) is 37.8 Å². The molecule has 0 aliphatic carbocycles. The fourth-order valence-electron chi connectivity index (χ4n) is 2.57. The first-order valence-corrected chi connectivity index (χ1v) is 7.08. The van der Waals surface area contributed by atoms with Crippen molar-refractivity contribution < 1.29 is 14.3 Å². The van der Waals surface area contributed by atoms with Crippen molar-refractivity contribution in [3.8, 4) is 5.88 Å². The minimum Gasteiger partial charge on any atom is -0.481 e. The molecule has 1 aromatic rings. The molecule has 1 aliphatic heterocycles. The molecule has 1 saturated heterocycles. The molecule has 1 aromatic heterocycles. The van der Waals surface area contributed by atoms with Crippen LogP contribution < -0.4 is 9.64 Å². The Kier molecular flexibility index (Phi) is 4.82. The Morgan fingerprint density at radius 3 is 2.70 bits per heavy atom. The van der Waals surface area contributed by atoms with Crippen LogP contribution in [0.5, 0.6) is 5.88 Å². The van der Waals surface area contributed by atoms with Crippen LogP contribution in [0.1, 0.15) is 25.3 Å². The highest BCUT2D eigenvalue weighted by Crippen LogP contribution is 2.26. The number of nitrogens with zero attached hydrogens (tertiary/aromatic N) is 2. The lowest BCUT2D eigenvalue weighted by Crippen LogP contribution is -2.37. The van der Waals surface area contributed by atoms with Gasteiger partial charge in [-0.1, -0.05) is 0 Å². The van der Waals surface area contributed by atoms with Crippen molar-refractivity contribution in [2.75, 3.05) is 31.7 Å². The van der Waals surface area contributed by atoms with E-state index in [1.807, 2.05) is 20.0 Å². The van der Waals surface area contributed by atoms with E-state index in [9.17, 15) is 4.79 Å². The van der Waals surface area contributed by atoms with E-state index >= 15 is 0 Å². The largest absolute Gasteiger partial charge is 0.481 e. The zero-order valence-corrected chi connectivity index (χ0v) is 12.4. The second kappa shape index (κ2) is 6.59. The van der Waals surface area contributed by atoms with Gasteiger partial charge in [-0.3, -0.25) is 4.79 Å². The first kappa shape index (κ1) is 14.6. The maximum absolute atomic E-state index is 11.7. The molecule has 2 rings (SSSR count). The highest BCUT2D eigenvalue weighted by atomic mass is 16.5. The summed E-state index contributed by atoms with van der Waals surface area (Å²) >= 11 is 0. The summed E-state index contributed by atoms with van der Waals surface area (Å²) in [7, 11) is 1.62. The molecule has 5 heteroatoms. The van der Waals surface area contributed by atoms with Crippen molar-refractivity contribution in [3.63, 3.8) is 0 Å². The number of aryl methyl sites for hydroxylation is 1. The molecule has 0 aromatic carbocycles. The van der Waals surface area contributed by atoms with Gasteiger partial charge in [0.05, 0.1) is 31.5 Å². The smallest absolute Gasteiger partial charge is 0.309 e. The molecule has 2 heterocycles. The molecular weight excluding hydrogens is 256 g/mol. The van der Waals surface area contributed by atoms with Gasteiger partial charge in [0.2, 0.25) is 5.88 Å². The van der Waals surface area contributed by atoms with Gasteiger partial charge in [0.25, 0.3) is 0 Å². The second-order valence-electron chi connectivity index (χ2n) is 5.03. The van der Waals surface area contributed by atoms with E-state index in [2.05, 4.69) is 16.0 Å². The lowest BCUT2D eigenvalue weighted by molar-refractivity contribution is -0.148. The standard InChI is InChI=1S/C15H22N2O3/c1-4-20-15(18)12-5-7-17(8-6-12)13-9-11(2)14(19-3)16-10-13/h9-10,12H,4-8H2,1-3H3. The average Bonchev–Trinajstić information content (AvgIpc) is 2.47. The fraction of sp³-hybridized carbons (Fsp3) is 0.600. The second-order valence-corrected chi connectivity index (χ2v) is 5.03. The molecule has 110 valence electrons. The quantitative estimate of drug-likeness (QED) is 0.790. The van der Waals surface area contributed by atoms with Crippen LogP contribution in [0.4, 0.5) is 5.69 Å². The van der Waals surface area contributed by atoms with E-state index < -0.39 is 0 Å². The Morgan fingerprint density at radius 2 is 2.15 bits per heavy atom. The highest BCUT2D eigenvalue weighted by molar-refractivity contribution is 5.72. The predicted molar refractivity (Wildman–Crippen MR) is 77.1 cm³/mol. The minimum atomic E-state index is -0.0591. The summed E-state index contributed by atoms with van der Waals surface area (Å²) < 4.78 is 10.3. The fourth-order valence-corrected chi connectivity index (χ4v) is 2.57. The number of methoxy groups -OCH3 is 1. The van der Waals surface area contributed by atoms with Crippen LogP contribution in [0.25, 0.3) is 0 Å². The van der Waals surface area contributed by atoms with Gasteiger partial charge in [0.15, 0.2) is 0 Å². The SMILES string of the molecule is CCOC(=O)C1CCN(c2cnc(OC)c(C)c2)CC1. The number of hydrogen-bond acceptors (Lipinski definition) is 5. The highest BCUT2D eigenvalue weighted by Gasteiger charge is 2.26. The summed E-state index contributed by atoms with van der Waals surface area (Å²) in [5.41, 5.74) is 2.11. The molecule has 0 bridgehead atoms. The number of anilines is 1. The van der Waals surface area contributed by atoms with E-state index in [1.165, 1.54) is 0 Å². The normalized spacial score (nSPS) is 16.1. The maximum atomic E-state index is 11.7. The molecule has 0 unspecified atom stereocenters. The molecule has 0 radical (unpaired) electrons. The number of piperidine rings is 1. The molecule has 5 nitrogen and oxygen atoms in total. The monoisotopic (exact) mass is 278 g/mol. The number of ether oxygens (including phenoxy) is 2. The van der Waals surface area contributed by atoms with E-state index in [0.717, 1.165) is 37.2 Å².